The molecule has 0 spiro atoms. The minimum Gasteiger partial charge on any atom is -0.352 e. The van der Waals surface area contributed by atoms with Crippen LogP contribution in [0.2, 0.25) is 5.02 Å². The van der Waals surface area contributed by atoms with E-state index in [-0.39, 0.29) is 28.8 Å². The molecule has 2 aromatic carbocycles. The van der Waals surface area contributed by atoms with Crippen LogP contribution in [0.25, 0.3) is 22.4 Å². The lowest BCUT2D eigenvalue weighted by molar-refractivity contribution is -0.137. The molecule has 1 saturated heterocycles. The van der Waals surface area contributed by atoms with E-state index in [0.29, 0.717) is 60.2 Å². The molecule has 1 fully saturated rings. The fourth-order valence-electron chi connectivity index (χ4n) is 4.53. The molecule has 11 heteroatoms. The number of piperazine rings is 1. The third-order valence-corrected chi connectivity index (χ3v) is 6.59. The highest BCUT2D eigenvalue weighted by Gasteiger charge is 2.32. The van der Waals surface area contributed by atoms with Crippen LogP contribution < -0.4 is 4.90 Å². The zero-order chi connectivity index (χ0) is 27.0. The summed E-state index contributed by atoms with van der Waals surface area (Å²) in [6.45, 7) is 5.88. The normalized spacial score (nSPS) is 14.5. The third-order valence-electron chi connectivity index (χ3n) is 6.36. The summed E-state index contributed by atoms with van der Waals surface area (Å²) in [6, 6.07) is 11.8. The summed E-state index contributed by atoms with van der Waals surface area (Å²) in [4.78, 5) is 26.1. The van der Waals surface area contributed by atoms with Crippen LogP contribution in [-0.4, -0.2) is 52.1 Å². The van der Waals surface area contributed by atoms with Gasteiger partial charge in [0.2, 0.25) is 0 Å². The smallest absolute Gasteiger partial charge is 0.352 e. The molecule has 3 heterocycles. The number of carbonyl (C=O) groups is 1. The molecule has 1 aliphatic rings. The molecule has 5 rings (SSSR count). The Labute approximate surface area is 222 Å². The van der Waals surface area contributed by atoms with E-state index in [1.54, 1.807) is 35.2 Å². The Morgan fingerprint density at radius 2 is 1.79 bits per heavy atom. The van der Waals surface area contributed by atoms with Crippen molar-refractivity contribution in [1.29, 1.82) is 0 Å². The topological polar surface area (TPSA) is 75.4 Å². The zero-order valence-corrected chi connectivity index (χ0v) is 21.6. The van der Waals surface area contributed by atoms with Crippen molar-refractivity contribution in [1.82, 2.24) is 20.0 Å². The van der Waals surface area contributed by atoms with Gasteiger partial charge < -0.3 is 14.3 Å². The van der Waals surface area contributed by atoms with Crippen LogP contribution in [-0.2, 0) is 12.6 Å². The number of hydrogen-bond acceptors (Lipinski definition) is 6. The summed E-state index contributed by atoms with van der Waals surface area (Å²) in [7, 11) is 0. The van der Waals surface area contributed by atoms with E-state index in [2.05, 4.69) is 10.1 Å². The average molecular weight is 544 g/mol. The Morgan fingerprint density at radius 3 is 2.47 bits per heavy atom. The fraction of sp³-hybridized carbons (Fsp3) is 0.333. The van der Waals surface area contributed by atoms with Crippen molar-refractivity contribution in [3.63, 3.8) is 0 Å². The predicted molar refractivity (Wildman–Crippen MR) is 138 cm³/mol. The van der Waals surface area contributed by atoms with Crippen molar-refractivity contribution in [3.05, 3.63) is 70.5 Å². The van der Waals surface area contributed by atoms with Gasteiger partial charge in [0.25, 0.3) is 11.6 Å². The van der Waals surface area contributed by atoms with Crippen molar-refractivity contribution in [2.24, 2.45) is 5.92 Å². The van der Waals surface area contributed by atoms with E-state index in [1.165, 1.54) is 6.07 Å². The lowest BCUT2D eigenvalue weighted by Gasteiger charge is -2.35. The van der Waals surface area contributed by atoms with E-state index in [9.17, 15) is 18.0 Å². The van der Waals surface area contributed by atoms with Gasteiger partial charge in [-0.2, -0.15) is 18.2 Å². The van der Waals surface area contributed by atoms with Gasteiger partial charge in [-0.1, -0.05) is 48.8 Å². The first kappa shape index (κ1) is 26.0. The molecule has 198 valence electrons. The fourth-order valence-corrected chi connectivity index (χ4v) is 4.72. The molecule has 0 unspecified atom stereocenters. The maximum absolute atomic E-state index is 13.4. The SMILES string of the molecule is CC(C)Cc1nc(N2CCN(C(=O)c3cccc(Cl)c3)CC2)c2c(-c3cccc(C(F)(F)F)c3)noc2n1. The molecule has 7 nitrogen and oxygen atoms in total. The number of amides is 1. The zero-order valence-electron chi connectivity index (χ0n) is 20.8. The van der Waals surface area contributed by atoms with Gasteiger partial charge in [-0.15, -0.1) is 0 Å². The number of aromatic nitrogens is 3. The number of rotatable bonds is 5. The number of benzene rings is 2. The number of carbonyl (C=O) groups excluding carboxylic acids is 1. The number of nitrogens with zero attached hydrogens (tertiary/aromatic N) is 5. The molecule has 1 amide bonds. The second-order valence-electron chi connectivity index (χ2n) is 9.64. The van der Waals surface area contributed by atoms with Gasteiger partial charge in [-0.3, -0.25) is 4.79 Å². The molecule has 4 aromatic rings. The number of anilines is 1. The quantitative estimate of drug-likeness (QED) is 0.302. The highest BCUT2D eigenvalue weighted by molar-refractivity contribution is 6.31. The average Bonchev–Trinajstić information content (AvgIpc) is 3.31. The standard InChI is InChI=1S/C27H25ClF3N5O2/c1-16(2)13-21-32-24(35-9-11-36(12-10-35)26(37)18-6-4-8-20(28)15-18)22-23(34-38-25(22)33-21)17-5-3-7-19(14-17)27(29,30)31/h3-8,14-16H,9-13H2,1-2H3. The Hall–Kier alpha value is -3.66. The number of fused-ring (bicyclic) bond motifs is 1. The molecule has 2 aromatic heterocycles. The van der Waals surface area contributed by atoms with Crippen molar-refractivity contribution in [2.75, 3.05) is 31.1 Å². The van der Waals surface area contributed by atoms with Gasteiger partial charge in [0, 0.05) is 48.7 Å². The van der Waals surface area contributed by atoms with E-state index in [0.717, 1.165) is 12.1 Å². The highest BCUT2D eigenvalue weighted by atomic mass is 35.5. The Morgan fingerprint density at radius 1 is 1.05 bits per heavy atom. The summed E-state index contributed by atoms with van der Waals surface area (Å²) in [5.41, 5.74) is 0.457. The van der Waals surface area contributed by atoms with Crippen LogP contribution in [0.15, 0.2) is 53.1 Å². The number of halogens is 4. The second-order valence-corrected chi connectivity index (χ2v) is 10.1. The van der Waals surface area contributed by atoms with E-state index >= 15 is 0 Å². The first-order valence-electron chi connectivity index (χ1n) is 12.2. The van der Waals surface area contributed by atoms with Gasteiger partial charge >= 0.3 is 6.18 Å². The molecule has 0 N–H and O–H groups in total. The lowest BCUT2D eigenvalue weighted by atomic mass is 10.0. The van der Waals surface area contributed by atoms with E-state index in [4.69, 9.17) is 21.1 Å². The largest absolute Gasteiger partial charge is 0.416 e. The van der Waals surface area contributed by atoms with Crippen LogP contribution in [0.3, 0.4) is 0 Å². The Kier molecular flexibility index (Phi) is 7.00. The summed E-state index contributed by atoms with van der Waals surface area (Å²) in [6.07, 6.45) is -3.90. The monoisotopic (exact) mass is 543 g/mol. The molecule has 0 bridgehead atoms. The van der Waals surface area contributed by atoms with Crippen LogP contribution in [0.4, 0.5) is 19.0 Å². The third kappa shape index (κ3) is 5.31. The van der Waals surface area contributed by atoms with Gasteiger partial charge in [-0.25, -0.2) is 4.98 Å². The maximum atomic E-state index is 13.4. The van der Waals surface area contributed by atoms with Crippen molar-refractivity contribution in [2.45, 2.75) is 26.4 Å². The van der Waals surface area contributed by atoms with Crippen LogP contribution >= 0.6 is 11.6 Å². The molecule has 0 aliphatic carbocycles. The van der Waals surface area contributed by atoms with E-state index < -0.39 is 11.7 Å². The van der Waals surface area contributed by atoms with Gasteiger partial charge in [0.1, 0.15) is 22.7 Å². The Balaban J connectivity index is 1.50. The van der Waals surface area contributed by atoms with Gasteiger partial charge in [0.05, 0.1) is 5.56 Å². The van der Waals surface area contributed by atoms with Crippen LogP contribution in [0.1, 0.15) is 35.6 Å². The number of hydrogen-bond donors (Lipinski definition) is 0. The summed E-state index contributed by atoms with van der Waals surface area (Å²) in [5.74, 6) is 1.26. The molecule has 0 atom stereocenters. The minimum absolute atomic E-state index is 0.116. The van der Waals surface area contributed by atoms with Crippen molar-refractivity contribution < 1.29 is 22.5 Å². The van der Waals surface area contributed by atoms with Crippen LogP contribution in [0.5, 0.6) is 0 Å². The number of alkyl halides is 3. The minimum atomic E-state index is -4.49. The van der Waals surface area contributed by atoms with Gasteiger partial charge in [0.15, 0.2) is 0 Å². The molecule has 0 radical (unpaired) electrons. The van der Waals surface area contributed by atoms with Crippen molar-refractivity contribution >= 4 is 34.4 Å². The predicted octanol–water partition coefficient (Wildman–Crippen LogP) is 6.12. The summed E-state index contributed by atoms with van der Waals surface area (Å²) in [5, 5.41) is 5.05. The van der Waals surface area contributed by atoms with Crippen molar-refractivity contribution in [3.8, 4) is 11.3 Å². The summed E-state index contributed by atoms with van der Waals surface area (Å²) >= 11 is 6.06. The van der Waals surface area contributed by atoms with Gasteiger partial charge in [-0.05, 0) is 36.2 Å². The van der Waals surface area contributed by atoms with E-state index in [1.807, 2.05) is 18.7 Å². The second kappa shape index (κ2) is 10.2. The highest BCUT2D eigenvalue weighted by Crippen LogP contribution is 2.37. The maximum Gasteiger partial charge on any atom is 0.416 e. The molecular weight excluding hydrogens is 519 g/mol. The molecule has 1 aliphatic heterocycles. The summed E-state index contributed by atoms with van der Waals surface area (Å²) < 4.78 is 45.7. The Bertz CT molecular complexity index is 1480. The lowest BCUT2D eigenvalue weighted by Crippen LogP contribution is -2.49. The molecule has 0 saturated carbocycles. The first-order valence-corrected chi connectivity index (χ1v) is 12.6. The molecule has 38 heavy (non-hydrogen) atoms. The molecular formula is C27H25ClF3N5O2. The first-order chi connectivity index (χ1) is 18.1. The van der Waals surface area contributed by atoms with Crippen LogP contribution in [0, 0.1) is 5.92 Å².